The van der Waals surface area contributed by atoms with Crippen LogP contribution in [0.3, 0.4) is 0 Å². The van der Waals surface area contributed by atoms with Gasteiger partial charge in [0.2, 0.25) is 0 Å². The topological polar surface area (TPSA) is 61.9 Å². The summed E-state index contributed by atoms with van der Waals surface area (Å²) < 4.78 is 32.9. The smallest absolute Gasteiger partial charge is 0.282 e. The number of morpholine rings is 1. The third-order valence-electron chi connectivity index (χ3n) is 3.03. The molecule has 0 aliphatic carbocycles. The maximum atomic E-state index is 12.3. The molecule has 0 radical (unpaired) electrons. The lowest BCUT2D eigenvalue weighted by atomic mass is 10.3. The summed E-state index contributed by atoms with van der Waals surface area (Å²) in [7, 11) is -3.29. The molecule has 0 spiro atoms. The van der Waals surface area contributed by atoms with Gasteiger partial charge in [-0.2, -0.15) is 17.0 Å². The molecule has 2 fully saturated rings. The van der Waals surface area contributed by atoms with Gasteiger partial charge in [0, 0.05) is 38.8 Å². The van der Waals surface area contributed by atoms with Crippen molar-refractivity contribution in [2.24, 2.45) is 0 Å². The predicted octanol–water partition coefficient (Wildman–Crippen LogP) is -0.721. The molecule has 0 saturated carbocycles. The monoisotopic (exact) mass is 285 g/mol. The number of rotatable bonds is 2. The van der Waals surface area contributed by atoms with Crippen molar-refractivity contribution in [2.45, 2.75) is 13.0 Å². The van der Waals surface area contributed by atoms with E-state index in [1.807, 2.05) is 6.92 Å². The third kappa shape index (κ3) is 3.30. The first kappa shape index (κ1) is 15.1. The van der Waals surface area contributed by atoms with E-state index in [9.17, 15) is 8.42 Å². The van der Waals surface area contributed by atoms with Crippen molar-refractivity contribution in [3.8, 4) is 0 Å². The van der Waals surface area contributed by atoms with Crippen LogP contribution in [0, 0.1) is 0 Å². The number of piperazine rings is 1. The van der Waals surface area contributed by atoms with Crippen LogP contribution in [0.25, 0.3) is 0 Å². The largest absolute Gasteiger partial charge is 0.379 e. The van der Waals surface area contributed by atoms with Gasteiger partial charge in [0.25, 0.3) is 10.2 Å². The van der Waals surface area contributed by atoms with Crippen LogP contribution >= 0.6 is 12.4 Å². The Morgan fingerprint density at radius 1 is 1.24 bits per heavy atom. The second kappa shape index (κ2) is 6.31. The molecular formula is C9H20ClN3O3S. The molecule has 102 valence electrons. The molecule has 17 heavy (non-hydrogen) atoms. The highest BCUT2D eigenvalue weighted by Crippen LogP contribution is 2.15. The number of hydrogen-bond donors (Lipinski definition) is 1. The molecule has 0 unspecified atom stereocenters. The summed E-state index contributed by atoms with van der Waals surface area (Å²) in [4.78, 5) is 0. The van der Waals surface area contributed by atoms with Gasteiger partial charge in [0.1, 0.15) is 0 Å². The summed E-state index contributed by atoms with van der Waals surface area (Å²) in [6.07, 6.45) is 0. The van der Waals surface area contributed by atoms with Crippen molar-refractivity contribution in [3.05, 3.63) is 0 Å². The maximum absolute atomic E-state index is 12.3. The van der Waals surface area contributed by atoms with Crippen LogP contribution in [0.1, 0.15) is 6.92 Å². The second-order valence-corrected chi connectivity index (χ2v) is 6.06. The summed E-state index contributed by atoms with van der Waals surface area (Å²) in [5.74, 6) is 0. The summed E-state index contributed by atoms with van der Waals surface area (Å²) in [5, 5.41) is 3.19. The lowest BCUT2D eigenvalue weighted by molar-refractivity contribution is 0.0688. The number of ether oxygens (including phenoxy) is 1. The molecule has 2 aliphatic heterocycles. The fraction of sp³-hybridized carbons (Fsp3) is 1.00. The highest BCUT2D eigenvalue weighted by atomic mass is 35.5. The van der Waals surface area contributed by atoms with E-state index in [0.717, 1.165) is 13.1 Å². The molecule has 0 aromatic carbocycles. The van der Waals surface area contributed by atoms with E-state index < -0.39 is 10.2 Å². The predicted molar refractivity (Wildman–Crippen MR) is 67.6 cm³/mol. The van der Waals surface area contributed by atoms with Gasteiger partial charge in [-0.05, 0) is 6.92 Å². The average Bonchev–Trinajstić information content (AvgIpc) is 2.30. The highest BCUT2D eigenvalue weighted by molar-refractivity contribution is 7.86. The van der Waals surface area contributed by atoms with Gasteiger partial charge in [-0.15, -0.1) is 12.4 Å². The van der Waals surface area contributed by atoms with E-state index in [-0.39, 0.29) is 18.4 Å². The van der Waals surface area contributed by atoms with E-state index in [4.69, 9.17) is 4.74 Å². The lowest BCUT2D eigenvalue weighted by Crippen LogP contribution is -2.57. The summed E-state index contributed by atoms with van der Waals surface area (Å²) >= 11 is 0. The van der Waals surface area contributed by atoms with Crippen LogP contribution in [0.15, 0.2) is 0 Å². The Bertz CT molecular complexity index is 332. The van der Waals surface area contributed by atoms with Crippen molar-refractivity contribution in [1.82, 2.24) is 13.9 Å². The fourth-order valence-corrected chi connectivity index (χ4v) is 3.85. The Balaban J connectivity index is 0.00000144. The van der Waals surface area contributed by atoms with Crippen LogP contribution in [0.5, 0.6) is 0 Å². The Labute approximate surface area is 109 Å². The Morgan fingerprint density at radius 3 is 2.47 bits per heavy atom. The Kier molecular flexibility index (Phi) is 5.62. The SMILES string of the molecule is C[C@H]1CNCCN1S(=O)(=O)N1CCOCC1.Cl. The number of hydrogen-bond acceptors (Lipinski definition) is 4. The number of halogens is 1. The molecule has 1 atom stereocenters. The maximum Gasteiger partial charge on any atom is 0.282 e. The molecule has 0 bridgehead atoms. The zero-order chi connectivity index (χ0) is 11.6. The molecule has 2 heterocycles. The van der Waals surface area contributed by atoms with Crippen LogP contribution < -0.4 is 5.32 Å². The quantitative estimate of drug-likeness (QED) is 0.727. The summed E-state index contributed by atoms with van der Waals surface area (Å²) in [5.41, 5.74) is 0. The molecule has 0 amide bonds. The fourth-order valence-electron chi connectivity index (χ4n) is 2.09. The van der Waals surface area contributed by atoms with E-state index >= 15 is 0 Å². The summed E-state index contributed by atoms with van der Waals surface area (Å²) in [6.45, 7) is 5.89. The third-order valence-corrected chi connectivity index (χ3v) is 5.19. The van der Waals surface area contributed by atoms with E-state index in [2.05, 4.69) is 5.32 Å². The highest BCUT2D eigenvalue weighted by Gasteiger charge is 2.35. The van der Waals surface area contributed by atoms with Crippen LogP contribution in [-0.2, 0) is 14.9 Å². The zero-order valence-electron chi connectivity index (χ0n) is 9.96. The first-order valence-electron chi connectivity index (χ1n) is 5.68. The Hall–Kier alpha value is 0.0800. The minimum atomic E-state index is -3.29. The summed E-state index contributed by atoms with van der Waals surface area (Å²) in [6, 6.07) is 0.0293. The van der Waals surface area contributed by atoms with Crippen molar-refractivity contribution < 1.29 is 13.2 Å². The molecule has 2 aliphatic rings. The van der Waals surface area contributed by atoms with Gasteiger partial charge >= 0.3 is 0 Å². The molecule has 2 saturated heterocycles. The van der Waals surface area contributed by atoms with E-state index in [1.165, 1.54) is 4.31 Å². The van der Waals surface area contributed by atoms with Crippen molar-refractivity contribution in [3.63, 3.8) is 0 Å². The Morgan fingerprint density at radius 2 is 1.88 bits per heavy atom. The van der Waals surface area contributed by atoms with Gasteiger partial charge in [0.15, 0.2) is 0 Å². The molecule has 6 nitrogen and oxygen atoms in total. The van der Waals surface area contributed by atoms with Gasteiger partial charge in [-0.25, -0.2) is 0 Å². The van der Waals surface area contributed by atoms with Gasteiger partial charge in [0.05, 0.1) is 13.2 Å². The van der Waals surface area contributed by atoms with Crippen molar-refractivity contribution in [2.75, 3.05) is 45.9 Å². The zero-order valence-corrected chi connectivity index (χ0v) is 11.6. The minimum absolute atomic E-state index is 0. The average molecular weight is 286 g/mol. The normalized spacial score (nSPS) is 28.6. The minimum Gasteiger partial charge on any atom is -0.379 e. The molecule has 1 N–H and O–H groups in total. The van der Waals surface area contributed by atoms with Crippen molar-refractivity contribution >= 4 is 22.6 Å². The molecule has 0 aromatic heterocycles. The van der Waals surface area contributed by atoms with Gasteiger partial charge < -0.3 is 10.1 Å². The van der Waals surface area contributed by atoms with E-state index in [1.54, 1.807) is 4.31 Å². The van der Waals surface area contributed by atoms with E-state index in [0.29, 0.717) is 32.8 Å². The molecular weight excluding hydrogens is 266 g/mol. The first-order chi connectivity index (χ1) is 7.62. The van der Waals surface area contributed by atoms with Crippen LogP contribution in [0.2, 0.25) is 0 Å². The molecule has 8 heteroatoms. The van der Waals surface area contributed by atoms with Gasteiger partial charge in [-0.3, -0.25) is 0 Å². The number of nitrogens with zero attached hydrogens (tertiary/aromatic N) is 2. The van der Waals surface area contributed by atoms with Crippen LogP contribution in [0.4, 0.5) is 0 Å². The number of nitrogens with one attached hydrogen (secondary N) is 1. The van der Waals surface area contributed by atoms with Crippen LogP contribution in [-0.4, -0.2) is 69.0 Å². The molecule has 2 rings (SSSR count). The van der Waals surface area contributed by atoms with Gasteiger partial charge in [-0.1, -0.05) is 0 Å². The second-order valence-electron chi connectivity index (χ2n) is 4.18. The standard InChI is InChI=1S/C9H19N3O3S.ClH/c1-9-8-10-2-3-12(9)16(13,14)11-4-6-15-7-5-11;/h9-10H,2-8H2,1H3;1H/t9-;/m0./s1. The molecule has 0 aromatic rings. The lowest BCUT2D eigenvalue weighted by Gasteiger charge is -2.37. The van der Waals surface area contributed by atoms with Crippen molar-refractivity contribution in [1.29, 1.82) is 0 Å². The first-order valence-corrected chi connectivity index (χ1v) is 7.07.